The Balaban J connectivity index is 2.16. The Morgan fingerprint density at radius 2 is 2.25 bits per heavy atom. The summed E-state index contributed by atoms with van der Waals surface area (Å²) in [5, 5.41) is 0. The number of ether oxygens (including phenoxy) is 1. The first-order valence-corrected chi connectivity index (χ1v) is 7.38. The zero-order valence-corrected chi connectivity index (χ0v) is 12.3. The molecule has 1 amide bonds. The van der Waals surface area contributed by atoms with Gasteiger partial charge in [-0.1, -0.05) is 25.1 Å². The van der Waals surface area contributed by atoms with E-state index in [4.69, 9.17) is 10.5 Å². The van der Waals surface area contributed by atoms with E-state index < -0.39 is 0 Å². The molecule has 110 valence electrons. The van der Waals surface area contributed by atoms with Crippen molar-refractivity contribution in [3.63, 3.8) is 0 Å². The maximum atomic E-state index is 12.8. The first kappa shape index (κ1) is 14.9. The lowest BCUT2D eigenvalue weighted by atomic mass is 9.91. The summed E-state index contributed by atoms with van der Waals surface area (Å²) in [6, 6.07) is 7.84. The minimum absolute atomic E-state index is 0.0788. The predicted octanol–water partition coefficient (Wildman–Crippen LogP) is 2.00. The number of hydrogen-bond acceptors (Lipinski definition) is 3. The molecule has 0 bridgehead atoms. The highest BCUT2D eigenvalue weighted by Gasteiger charge is 2.30. The van der Waals surface area contributed by atoms with E-state index in [9.17, 15) is 4.79 Å². The van der Waals surface area contributed by atoms with E-state index in [0.717, 1.165) is 30.8 Å². The highest BCUT2D eigenvalue weighted by molar-refractivity contribution is 5.84. The number of likely N-dealkylation sites (N-methyl/N-ethyl adjacent to an activating group) is 1. The third-order valence-corrected chi connectivity index (χ3v) is 3.88. The monoisotopic (exact) mass is 276 g/mol. The molecule has 4 nitrogen and oxygen atoms in total. The van der Waals surface area contributed by atoms with Crippen molar-refractivity contribution in [2.45, 2.75) is 26.2 Å². The molecule has 1 aliphatic heterocycles. The minimum atomic E-state index is -0.0788. The molecule has 0 spiro atoms. The summed E-state index contributed by atoms with van der Waals surface area (Å²) in [6.07, 6.45) is 0.753. The van der Waals surface area contributed by atoms with Crippen molar-refractivity contribution < 1.29 is 9.53 Å². The van der Waals surface area contributed by atoms with Crippen molar-refractivity contribution in [1.82, 2.24) is 4.90 Å². The second-order valence-corrected chi connectivity index (χ2v) is 5.45. The molecule has 2 atom stereocenters. The molecule has 0 saturated heterocycles. The Kier molecular flexibility index (Phi) is 5.01. The van der Waals surface area contributed by atoms with Gasteiger partial charge in [0.25, 0.3) is 0 Å². The number of carbonyl (C=O) groups is 1. The summed E-state index contributed by atoms with van der Waals surface area (Å²) in [4.78, 5) is 14.7. The van der Waals surface area contributed by atoms with E-state index in [1.165, 1.54) is 0 Å². The number of nitrogens with two attached hydrogens (primary N) is 1. The maximum absolute atomic E-state index is 12.8. The number of nitrogens with zero attached hydrogens (tertiary/aromatic N) is 1. The molecule has 1 aliphatic rings. The Labute approximate surface area is 120 Å². The molecule has 0 saturated carbocycles. The molecule has 0 radical (unpaired) electrons. The molecule has 0 aliphatic carbocycles. The van der Waals surface area contributed by atoms with E-state index in [1.807, 2.05) is 36.1 Å². The second kappa shape index (κ2) is 6.75. The third-order valence-electron chi connectivity index (χ3n) is 3.88. The smallest absolute Gasteiger partial charge is 0.230 e. The van der Waals surface area contributed by atoms with Crippen molar-refractivity contribution in [3.8, 4) is 5.75 Å². The lowest BCUT2D eigenvalue weighted by Crippen LogP contribution is -2.40. The fraction of sp³-hybridized carbons (Fsp3) is 0.562. The predicted molar refractivity (Wildman–Crippen MR) is 79.8 cm³/mol. The summed E-state index contributed by atoms with van der Waals surface area (Å²) in [5.41, 5.74) is 6.69. The first-order chi connectivity index (χ1) is 9.67. The summed E-state index contributed by atoms with van der Waals surface area (Å²) in [7, 11) is 0. The molecule has 2 unspecified atom stereocenters. The van der Waals surface area contributed by atoms with Gasteiger partial charge >= 0.3 is 0 Å². The van der Waals surface area contributed by atoms with Gasteiger partial charge in [-0.05, 0) is 31.9 Å². The lowest BCUT2D eigenvalue weighted by Gasteiger charge is -2.31. The van der Waals surface area contributed by atoms with Crippen LogP contribution in [0.4, 0.5) is 0 Å². The SMILES string of the molecule is CCN(CC(C)CN)C(=O)C1CCOc2ccccc21. The van der Waals surface area contributed by atoms with Gasteiger partial charge in [0.05, 0.1) is 12.5 Å². The molecule has 0 aromatic heterocycles. The Hall–Kier alpha value is -1.55. The van der Waals surface area contributed by atoms with Gasteiger partial charge in [-0.3, -0.25) is 4.79 Å². The number of hydrogen-bond donors (Lipinski definition) is 1. The fourth-order valence-electron chi connectivity index (χ4n) is 2.64. The van der Waals surface area contributed by atoms with Crippen LogP contribution in [0.1, 0.15) is 31.7 Å². The average Bonchev–Trinajstić information content (AvgIpc) is 2.51. The first-order valence-electron chi connectivity index (χ1n) is 7.38. The number of fused-ring (bicyclic) bond motifs is 1. The van der Waals surface area contributed by atoms with Gasteiger partial charge in [0, 0.05) is 18.7 Å². The van der Waals surface area contributed by atoms with Crippen LogP contribution in [0, 0.1) is 5.92 Å². The van der Waals surface area contributed by atoms with Crippen LogP contribution >= 0.6 is 0 Å². The molecular weight excluding hydrogens is 252 g/mol. The topological polar surface area (TPSA) is 55.6 Å². The van der Waals surface area contributed by atoms with Crippen molar-refractivity contribution >= 4 is 5.91 Å². The Morgan fingerprint density at radius 1 is 1.50 bits per heavy atom. The van der Waals surface area contributed by atoms with Crippen LogP contribution < -0.4 is 10.5 Å². The summed E-state index contributed by atoms with van der Waals surface area (Å²) in [5.74, 6) is 1.29. The zero-order chi connectivity index (χ0) is 14.5. The molecule has 2 rings (SSSR count). The Morgan fingerprint density at radius 3 is 2.95 bits per heavy atom. The molecular formula is C16H24N2O2. The van der Waals surface area contributed by atoms with Crippen LogP contribution in [0.2, 0.25) is 0 Å². The maximum Gasteiger partial charge on any atom is 0.230 e. The van der Waals surface area contributed by atoms with E-state index in [2.05, 4.69) is 6.92 Å². The van der Waals surface area contributed by atoms with E-state index in [1.54, 1.807) is 0 Å². The van der Waals surface area contributed by atoms with Crippen molar-refractivity contribution in [2.75, 3.05) is 26.2 Å². The number of rotatable bonds is 5. The molecule has 1 aromatic rings. The van der Waals surface area contributed by atoms with Gasteiger partial charge in [-0.25, -0.2) is 0 Å². The molecule has 4 heteroatoms. The quantitative estimate of drug-likeness (QED) is 0.895. The van der Waals surface area contributed by atoms with Gasteiger partial charge in [0.2, 0.25) is 5.91 Å². The summed E-state index contributed by atoms with van der Waals surface area (Å²) < 4.78 is 5.63. The average molecular weight is 276 g/mol. The summed E-state index contributed by atoms with van der Waals surface area (Å²) in [6.45, 7) is 6.76. The number of amides is 1. The highest BCUT2D eigenvalue weighted by Crippen LogP contribution is 2.34. The summed E-state index contributed by atoms with van der Waals surface area (Å²) >= 11 is 0. The number of para-hydroxylation sites is 1. The van der Waals surface area contributed by atoms with E-state index in [-0.39, 0.29) is 11.8 Å². The van der Waals surface area contributed by atoms with Crippen LogP contribution in [-0.2, 0) is 4.79 Å². The van der Waals surface area contributed by atoms with Crippen molar-refractivity contribution in [1.29, 1.82) is 0 Å². The lowest BCUT2D eigenvalue weighted by molar-refractivity contribution is -0.133. The molecule has 2 N–H and O–H groups in total. The van der Waals surface area contributed by atoms with Gasteiger partial charge in [-0.2, -0.15) is 0 Å². The molecule has 0 fully saturated rings. The third kappa shape index (κ3) is 3.12. The fourth-order valence-corrected chi connectivity index (χ4v) is 2.64. The minimum Gasteiger partial charge on any atom is -0.493 e. The van der Waals surface area contributed by atoms with Crippen molar-refractivity contribution in [2.24, 2.45) is 11.7 Å². The molecule has 1 aromatic carbocycles. The van der Waals surface area contributed by atoms with Crippen LogP contribution in [0.25, 0.3) is 0 Å². The standard InChI is InChI=1S/C16H24N2O2/c1-3-18(11-12(2)10-17)16(19)14-8-9-20-15-7-5-4-6-13(14)15/h4-7,12,14H,3,8-11,17H2,1-2H3. The Bertz CT molecular complexity index is 462. The van der Waals surface area contributed by atoms with Crippen LogP contribution in [0.15, 0.2) is 24.3 Å². The van der Waals surface area contributed by atoms with Crippen LogP contribution in [0.5, 0.6) is 5.75 Å². The van der Waals surface area contributed by atoms with Gasteiger partial charge in [0.1, 0.15) is 5.75 Å². The van der Waals surface area contributed by atoms with Gasteiger partial charge in [0.15, 0.2) is 0 Å². The van der Waals surface area contributed by atoms with E-state index >= 15 is 0 Å². The zero-order valence-electron chi connectivity index (χ0n) is 12.3. The largest absolute Gasteiger partial charge is 0.493 e. The van der Waals surface area contributed by atoms with Crippen LogP contribution in [-0.4, -0.2) is 37.0 Å². The van der Waals surface area contributed by atoms with Gasteiger partial charge in [-0.15, -0.1) is 0 Å². The number of carbonyl (C=O) groups excluding carboxylic acids is 1. The van der Waals surface area contributed by atoms with Gasteiger partial charge < -0.3 is 15.4 Å². The number of benzene rings is 1. The normalized spacial score (nSPS) is 18.9. The van der Waals surface area contributed by atoms with Crippen molar-refractivity contribution in [3.05, 3.63) is 29.8 Å². The molecule has 1 heterocycles. The van der Waals surface area contributed by atoms with Crippen LogP contribution in [0.3, 0.4) is 0 Å². The van der Waals surface area contributed by atoms with E-state index in [0.29, 0.717) is 19.1 Å². The second-order valence-electron chi connectivity index (χ2n) is 5.45. The highest BCUT2D eigenvalue weighted by atomic mass is 16.5. The molecule has 20 heavy (non-hydrogen) atoms.